The highest BCUT2D eigenvalue weighted by molar-refractivity contribution is 5.94. The summed E-state index contributed by atoms with van der Waals surface area (Å²) in [5.41, 5.74) is -1.54. The van der Waals surface area contributed by atoms with Crippen LogP contribution >= 0.6 is 0 Å². The van der Waals surface area contributed by atoms with Crippen LogP contribution in [0.5, 0.6) is 5.75 Å². The highest BCUT2D eigenvalue weighted by atomic mass is 19.4. The Bertz CT molecular complexity index is 1150. The van der Waals surface area contributed by atoms with E-state index >= 15 is 0 Å². The Kier molecular flexibility index (Phi) is 7.89. The molecule has 196 valence electrons. The van der Waals surface area contributed by atoms with Crippen LogP contribution in [0.15, 0.2) is 42.0 Å². The van der Waals surface area contributed by atoms with E-state index in [1.807, 2.05) is 6.07 Å². The average molecular weight is 508 g/mol. The molecule has 0 radical (unpaired) electrons. The largest absolute Gasteiger partial charge is 0.496 e. The van der Waals surface area contributed by atoms with E-state index in [0.29, 0.717) is 36.0 Å². The van der Waals surface area contributed by atoms with Crippen molar-refractivity contribution in [2.45, 2.75) is 63.1 Å². The Labute approximate surface area is 209 Å². The summed E-state index contributed by atoms with van der Waals surface area (Å²) in [6.45, 7) is 3.08. The van der Waals surface area contributed by atoms with Crippen molar-refractivity contribution in [1.29, 1.82) is 0 Å². The molecule has 0 aliphatic heterocycles. The molecule has 0 heterocycles. The van der Waals surface area contributed by atoms with E-state index in [0.717, 1.165) is 11.6 Å². The van der Waals surface area contributed by atoms with Crippen LogP contribution in [0.4, 0.5) is 17.6 Å². The first-order valence-electron chi connectivity index (χ1n) is 11.8. The molecule has 1 aliphatic carbocycles. The maximum Gasteiger partial charge on any atom is 0.417 e. The van der Waals surface area contributed by atoms with Gasteiger partial charge in [-0.1, -0.05) is 31.6 Å². The normalized spacial score (nSPS) is 15.9. The number of hydrogen-bond acceptors (Lipinski definition) is 3. The zero-order chi connectivity index (χ0) is 26.9. The fraction of sp³-hybridized carbons (Fsp3) is 0.464. The number of alkyl halides is 3. The van der Waals surface area contributed by atoms with Crippen molar-refractivity contribution in [3.05, 3.63) is 70.0 Å². The number of halogens is 4. The second-order valence-corrected chi connectivity index (χ2v) is 10.4. The van der Waals surface area contributed by atoms with Crippen LogP contribution in [-0.4, -0.2) is 48.9 Å². The summed E-state index contributed by atoms with van der Waals surface area (Å²) in [5, 5.41) is 11.1. The lowest BCUT2D eigenvalue weighted by Crippen LogP contribution is -2.49. The van der Waals surface area contributed by atoms with Crippen LogP contribution in [0.3, 0.4) is 0 Å². The first kappa shape index (κ1) is 27.7. The van der Waals surface area contributed by atoms with Crippen LogP contribution in [-0.2, 0) is 11.8 Å². The highest BCUT2D eigenvalue weighted by Gasteiger charge is 2.56. The second kappa shape index (κ2) is 10.2. The molecule has 36 heavy (non-hydrogen) atoms. The van der Waals surface area contributed by atoms with Gasteiger partial charge in [0.25, 0.3) is 5.91 Å². The molecule has 1 atom stereocenters. The monoisotopic (exact) mass is 507 g/mol. The molecule has 0 spiro atoms. The Morgan fingerprint density at radius 2 is 1.78 bits per heavy atom. The van der Waals surface area contributed by atoms with Gasteiger partial charge in [0, 0.05) is 31.6 Å². The molecule has 4 nitrogen and oxygen atoms in total. The molecule has 1 aliphatic rings. The fourth-order valence-corrected chi connectivity index (χ4v) is 4.96. The maximum atomic E-state index is 14.4. The zero-order valence-corrected chi connectivity index (χ0v) is 21.3. The van der Waals surface area contributed by atoms with Gasteiger partial charge in [0.15, 0.2) is 5.60 Å². The van der Waals surface area contributed by atoms with Gasteiger partial charge in [0.1, 0.15) is 11.6 Å². The summed E-state index contributed by atoms with van der Waals surface area (Å²) in [5.74, 6) is -0.540. The fourth-order valence-electron chi connectivity index (χ4n) is 4.96. The zero-order valence-electron chi connectivity index (χ0n) is 21.3. The summed E-state index contributed by atoms with van der Waals surface area (Å²) >= 11 is 0. The van der Waals surface area contributed by atoms with Crippen molar-refractivity contribution < 1.29 is 32.2 Å². The van der Waals surface area contributed by atoms with Crippen molar-refractivity contribution in [1.82, 2.24) is 4.90 Å². The van der Waals surface area contributed by atoms with Gasteiger partial charge in [-0.2, -0.15) is 13.2 Å². The average Bonchev–Trinajstić information content (AvgIpc) is 2.98. The van der Waals surface area contributed by atoms with Crippen LogP contribution < -0.4 is 4.74 Å². The van der Waals surface area contributed by atoms with Crippen molar-refractivity contribution >= 4 is 12.0 Å². The molecule has 0 aromatic heterocycles. The third-order valence-electron chi connectivity index (χ3n) is 6.77. The minimum atomic E-state index is -4.93. The lowest BCUT2D eigenvalue weighted by atomic mass is 9.72. The van der Waals surface area contributed by atoms with E-state index in [4.69, 9.17) is 4.74 Å². The first-order chi connectivity index (χ1) is 16.7. The molecule has 8 heteroatoms. The number of aryl methyl sites for hydroxylation is 1. The summed E-state index contributed by atoms with van der Waals surface area (Å²) in [6.07, 6.45) is -2.91. The molecule has 0 saturated carbocycles. The summed E-state index contributed by atoms with van der Waals surface area (Å²) in [6, 6.07) is 8.95. The lowest BCUT2D eigenvalue weighted by Gasteiger charge is -2.39. The molecule has 3 rings (SSSR count). The van der Waals surface area contributed by atoms with Gasteiger partial charge in [-0.3, -0.25) is 4.79 Å². The van der Waals surface area contributed by atoms with E-state index in [1.54, 1.807) is 32.3 Å². The van der Waals surface area contributed by atoms with Gasteiger partial charge in [-0.25, -0.2) is 4.39 Å². The van der Waals surface area contributed by atoms with Gasteiger partial charge < -0.3 is 14.7 Å². The summed E-state index contributed by atoms with van der Waals surface area (Å²) in [7, 11) is 4.63. The van der Waals surface area contributed by atoms with Gasteiger partial charge >= 0.3 is 6.18 Å². The van der Waals surface area contributed by atoms with Gasteiger partial charge in [-0.15, -0.1) is 0 Å². The predicted molar refractivity (Wildman–Crippen MR) is 132 cm³/mol. The Balaban J connectivity index is 1.99. The number of ether oxygens (including phenoxy) is 1. The van der Waals surface area contributed by atoms with E-state index in [-0.39, 0.29) is 17.2 Å². The molecule has 2 aromatic rings. The van der Waals surface area contributed by atoms with E-state index < -0.39 is 35.9 Å². The second-order valence-electron chi connectivity index (χ2n) is 10.4. The SMILES string of the molecule is COc1ccc(F)cc1C(C)(C)CC(O)(CC1=Cc2cc(C(=O)N(C)C)ccc2CCC1)C(F)(F)F. The highest BCUT2D eigenvalue weighted by Crippen LogP contribution is 2.47. The van der Waals surface area contributed by atoms with Gasteiger partial charge in [0.2, 0.25) is 0 Å². The van der Waals surface area contributed by atoms with E-state index in [2.05, 4.69) is 0 Å². The van der Waals surface area contributed by atoms with Crippen LogP contribution in [0, 0.1) is 5.82 Å². The van der Waals surface area contributed by atoms with Crippen molar-refractivity contribution in [3.63, 3.8) is 0 Å². The van der Waals surface area contributed by atoms with Crippen LogP contribution in [0.2, 0.25) is 0 Å². The van der Waals surface area contributed by atoms with Crippen LogP contribution in [0.1, 0.15) is 66.6 Å². The molecular weight excluding hydrogens is 474 g/mol. The molecule has 0 bridgehead atoms. The standard InChI is InChI=1S/C28H33F4NO3/c1-26(2,23-15-22(29)11-12-24(23)36-5)17-27(35,28(30,31)32)16-18-7-6-8-19-9-10-20(14-21(19)13-18)25(34)33(3)4/h9-15,35H,6-8,16-17H2,1-5H3. The Morgan fingerprint density at radius 3 is 2.39 bits per heavy atom. The van der Waals surface area contributed by atoms with Crippen molar-refractivity contribution in [3.8, 4) is 5.75 Å². The quantitative estimate of drug-likeness (QED) is 0.447. The minimum absolute atomic E-state index is 0.199. The molecule has 1 amide bonds. The third-order valence-corrected chi connectivity index (χ3v) is 6.77. The molecule has 2 aromatic carbocycles. The summed E-state index contributed by atoms with van der Waals surface area (Å²) < 4.78 is 62.4. The molecule has 0 saturated heterocycles. The number of benzene rings is 2. The number of hydrogen-bond donors (Lipinski definition) is 1. The molecular formula is C28H33F4NO3. The lowest BCUT2D eigenvalue weighted by molar-refractivity contribution is -0.266. The number of carbonyl (C=O) groups excluding carboxylic acids is 1. The molecule has 1 unspecified atom stereocenters. The number of methoxy groups -OCH3 is 1. The molecule has 1 N–H and O–H groups in total. The third kappa shape index (κ3) is 5.91. The van der Waals surface area contributed by atoms with Gasteiger partial charge in [0.05, 0.1) is 7.11 Å². The van der Waals surface area contributed by atoms with Crippen molar-refractivity contribution in [2.24, 2.45) is 0 Å². The first-order valence-corrected chi connectivity index (χ1v) is 11.8. The number of carbonyl (C=O) groups is 1. The summed E-state index contributed by atoms with van der Waals surface area (Å²) in [4.78, 5) is 13.8. The van der Waals surface area contributed by atoms with E-state index in [9.17, 15) is 27.5 Å². The van der Waals surface area contributed by atoms with Crippen LogP contribution in [0.25, 0.3) is 6.08 Å². The number of amides is 1. The smallest absolute Gasteiger partial charge is 0.417 e. The van der Waals surface area contributed by atoms with Crippen molar-refractivity contribution in [2.75, 3.05) is 21.2 Å². The van der Waals surface area contributed by atoms with E-state index in [1.165, 1.54) is 38.0 Å². The van der Waals surface area contributed by atoms with Gasteiger partial charge in [-0.05, 0) is 72.6 Å². The Hall–Kier alpha value is -2.87. The minimum Gasteiger partial charge on any atom is -0.496 e. The number of rotatable bonds is 7. The molecule has 0 fully saturated rings. The maximum absolute atomic E-state index is 14.4. The predicted octanol–water partition coefficient (Wildman–Crippen LogP) is 6.31. The number of nitrogens with zero attached hydrogens (tertiary/aromatic N) is 1. The topological polar surface area (TPSA) is 49.8 Å². The Morgan fingerprint density at radius 1 is 1.08 bits per heavy atom. The number of aliphatic hydroxyl groups is 1. The number of fused-ring (bicyclic) bond motifs is 1.